The number of aromatic nitrogens is 3. The first-order valence-corrected chi connectivity index (χ1v) is 15.8. The zero-order valence-electron chi connectivity index (χ0n) is 25.3. The quantitative estimate of drug-likeness (QED) is 0.222. The fourth-order valence-electron chi connectivity index (χ4n) is 8.09. The minimum atomic E-state index is -0.198. The van der Waals surface area contributed by atoms with E-state index in [0.717, 1.165) is 80.9 Å². The lowest BCUT2D eigenvalue weighted by Crippen LogP contribution is -2.62. The Hall–Kier alpha value is -3.49. The van der Waals surface area contributed by atoms with E-state index in [4.69, 9.17) is 14.6 Å². The van der Waals surface area contributed by atoms with Gasteiger partial charge in [-0.05, 0) is 67.7 Å². The summed E-state index contributed by atoms with van der Waals surface area (Å²) in [6.45, 7) is 1.66. The number of fused-ring (bicyclic) bond motifs is 5. The summed E-state index contributed by atoms with van der Waals surface area (Å²) in [5, 5.41) is 11.3. The van der Waals surface area contributed by atoms with Crippen LogP contribution in [0.1, 0.15) is 57.8 Å². The van der Waals surface area contributed by atoms with Crippen molar-refractivity contribution in [1.29, 1.82) is 0 Å². The molecule has 3 aromatic heterocycles. The Balaban J connectivity index is 0.921. The average molecular weight is 583 g/mol. The molecule has 1 amide bonds. The van der Waals surface area contributed by atoms with Gasteiger partial charge < -0.3 is 24.0 Å². The number of benzene rings is 1. The summed E-state index contributed by atoms with van der Waals surface area (Å²) < 4.78 is 14.4. The van der Waals surface area contributed by atoms with Gasteiger partial charge in [0, 0.05) is 92.7 Å². The number of carbonyl (C=O) groups excluding carboxylic acids is 1. The Bertz CT molecular complexity index is 1620. The number of hydrogen-bond donors (Lipinski definition) is 1. The van der Waals surface area contributed by atoms with Gasteiger partial charge in [0.05, 0.1) is 17.5 Å². The number of aliphatic hydroxyl groups excluding tert-OH is 1. The van der Waals surface area contributed by atoms with Gasteiger partial charge in [-0.3, -0.25) is 9.78 Å². The molecule has 0 unspecified atom stereocenters. The summed E-state index contributed by atoms with van der Waals surface area (Å²) in [6.07, 6.45) is 14.3. The smallest absolute Gasteiger partial charge is 0.228 e. The van der Waals surface area contributed by atoms with Crippen molar-refractivity contribution < 1.29 is 19.4 Å². The van der Waals surface area contributed by atoms with Crippen LogP contribution in [0.3, 0.4) is 0 Å². The van der Waals surface area contributed by atoms with Crippen LogP contribution < -0.4 is 4.74 Å². The lowest BCUT2D eigenvalue weighted by Gasteiger charge is -2.61. The summed E-state index contributed by atoms with van der Waals surface area (Å²) in [5.41, 5.74) is 4.48. The van der Waals surface area contributed by atoms with Gasteiger partial charge in [0.1, 0.15) is 6.10 Å². The molecule has 8 rings (SSSR count). The van der Waals surface area contributed by atoms with Crippen LogP contribution in [0.5, 0.6) is 5.88 Å². The third-order valence-electron chi connectivity index (χ3n) is 10.5. The third kappa shape index (κ3) is 5.08. The van der Waals surface area contributed by atoms with Crippen LogP contribution in [-0.2, 0) is 16.6 Å². The zero-order valence-corrected chi connectivity index (χ0v) is 25.3. The third-order valence-corrected chi connectivity index (χ3v) is 10.5. The number of ether oxygens (including phenoxy) is 2. The average Bonchev–Trinajstić information content (AvgIpc) is 3.29. The predicted octanol–water partition coefficient (Wildman–Crippen LogP) is 5.90. The molecular weight excluding hydrogens is 540 g/mol. The van der Waals surface area contributed by atoms with Gasteiger partial charge in [-0.25, -0.2) is 4.98 Å². The van der Waals surface area contributed by atoms with Gasteiger partial charge in [-0.1, -0.05) is 18.6 Å². The molecule has 4 saturated carbocycles. The van der Waals surface area contributed by atoms with E-state index in [1.807, 2.05) is 36.6 Å². The number of hydrogen-bond acceptors (Lipinski definition) is 6. The molecule has 226 valence electrons. The molecule has 4 aromatic rings. The van der Waals surface area contributed by atoms with Crippen LogP contribution >= 0.6 is 0 Å². The largest absolute Gasteiger partial charge is 0.474 e. The highest BCUT2D eigenvalue weighted by Crippen LogP contribution is 2.64. The van der Waals surface area contributed by atoms with Crippen LogP contribution in [0.4, 0.5) is 0 Å². The SMILES string of the molecule is CN(C(=O)C12CCCC(COCCCCO)(C1)C2)C1CC(Oc2ccc(-c3ccc4c5cnccc5n(C)c4c3)cn2)C1. The summed E-state index contributed by atoms with van der Waals surface area (Å²) in [7, 11) is 4.07. The number of nitrogens with zero attached hydrogens (tertiary/aromatic N) is 4. The van der Waals surface area contributed by atoms with Crippen molar-refractivity contribution >= 4 is 27.7 Å². The maximum absolute atomic E-state index is 13.6. The first-order chi connectivity index (χ1) is 20.9. The van der Waals surface area contributed by atoms with E-state index in [0.29, 0.717) is 18.4 Å². The van der Waals surface area contributed by atoms with Crippen LogP contribution in [0, 0.1) is 10.8 Å². The highest BCUT2D eigenvalue weighted by molar-refractivity contribution is 6.08. The molecule has 0 radical (unpaired) electrons. The number of aryl methyl sites for hydroxylation is 1. The zero-order chi connectivity index (χ0) is 29.6. The molecule has 1 N–H and O–H groups in total. The molecule has 4 aliphatic rings. The number of aliphatic hydroxyl groups is 1. The molecule has 4 fully saturated rings. The minimum absolute atomic E-state index is 0.0796. The molecule has 4 aliphatic carbocycles. The van der Waals surface area contributed by atoms with Crippen molar-refractivity contribution in [3.63, 3.8) is 0 Å². The van der Waals surface area contributed by atoms with E-state index in [1.165, 1.54) is 16.4 Å². The van der Waals surface area contributed by atoms with Gasteiger partial charge in [0.25, 0.3) is 0 Å². The second kappa shape index (κ2) is 11.2. The summed E-state index contributed by atoms with van der Waals surface area (Å²) in [5.74, 6) is 0.944. The lowest BCUT2D eigenvalue weighted by molar-refractivity contribution is -0.181. The Morgan fingerprint density at radius 1 is 1.05 bits per heavy atom. The first kappa shape index (κ1) is 28.3. The predicted molar refractivity (Wildman–Crippen MR) is 167 cm³/mol. The number of amides is 1. The Labute approximate surface area is 253 Å². The van der Waals surface area contributed by atoms with Crippen LogP contribution in [0.2, 0.25) is 0 Å². The molecule has 0 atom stereocenters. The number of carbonyl (C=O) groups is 1. The summed E-state index contributed by atoms with van der Waals surface area (Å²) in [4.78, 5) is 24.6. The molecule has 0 aliphatic heterocycles. The first-order valence-electron chi connectivity index (χ1n) is 15.8. The summed E-state index contributed by atoms with van der Waals surface area (Å²) in [6, 6.07) is 12.8. The highest BCUT2D eigenvalue weighted by Gasteiger charge is 2.62. The van der Waals surface area contributed by atoms with Crippen molar-refractivity contribution in [3.05, 3.63) is 55.0 Å². The van der Waals surface area contributed by atoms with E-state index < -0.39 is 0 Å². The second-order valence-corrected chi connectivity index (χ2v) is 13.3. The molecule has 0 saturated heterocycles. The van der Waals surface area contributed by atoms with Crippen molar-refractivity contribution in [2.75, 3.05) is 26.9 Å². The molecule has 1 aromatic carbocycles. The van der Waals surface area contributed by atoms with Crippen LogP contribution in [0.25, 0.3) is 32.9 Å². The lowest BCUT2D eigenvalue weighted by atomic mass is 9.45. The van der Waals surface area contributed by atoms with Crippen molar-refractivity contribution in [1.82, 2.24) is 19.4 Å². The molecular formula is C35H42N4O4. The van der Waals surface area contributed by atoms with Crippen molar-refractivity contribution in [2.24, 2.45) is 17.9 Å². The maximum Gasteiger partial charge on any atom is 0.228 e. The number of rotatable bonds is 11. The van der Waals surface area contributed by atoms with Gasteiger partial charge >= 0.3 is 0 Å². The Morgan fingerprint density at radius 2 is 1.88 bits per heavy atom. The molecule has 2 bridgehead atoms. The van der Waals surface area contributed by atoms with E-state index in [2.05, 4.69) is 51.9 Å². The van der Waals surface area contributed by atoms with Gasteiger partial charge in [0.15, 0.2) is 0 Å². The highest BCUT2D eigenvalue weighted by atomic mass is 16.5. The molecule has 3 heterocycles. The normalized spacial score (nSPS) is 26.2. The van der Waals surface area contributed by atoms with Crippen molar-refractivity contribution in [3.8, 4) is 17.0 Å². The van der Waals surface area contributed by atoms with E-state index >= 15 is 0 Å². The van der Waals surface area contributed by atoms with Crippen molar-refractivity contribution in [2.45, 2.75) is 69.9 Å². The fourth-order valence-corrected chi connectivity index (χ4v) is 8.09. The maximum atomic E-state index is 13.6. The minimum Gasteiger partial charge on any atom is -0.474 e. The molecule has 8 heteroatoms. The van der Waals surface area contributed by atoms with E-state index in [9.17, 15) is 4.79 Å². The topological polar surface area (TPSA) is 89.7 Å². The van der Waals surface area contributed by atoms with E-state index in [1.54, 1.807) is 0 Å². The molecule has 0 spiro atoms. The number of unbranched alkanes of at least 4 members (excludes halogenated alkanes) is 1. The molecule has 8 nitrogen and oxygen atoms in total. The standard InChI is InChI=1S/C35H42N4O4/c1-38(33(41)35-12-5-11-34(21-35,22-35)23-42-15-4-3-14-40)26-17-27(18-26)43-32-9-7-25(19-37-32)24-6-8-28-29-20-36-13-10-30(29)39(2)31(28)16-24/h6-10,13,16,19-20,26-27,40H,3-5,11-12,14-15,17-18,21-23H2,1-2H3. The molecule has 43 heavy (non-hydrogen) atoms. The summed E-state index contributed by atoms with van der Waals surface area (Å²) >= 11 is 0. The fraction of sp³-hybridized carbons (Fsp3) is 0.514. The number of pyridine rings is 2. The Morgan fingerprint density at radius 3 is 2.67 bits per heavy atom. The van der Waals surface area contributed by atoms with Gasteiger partial charge in [-0.2, -0.15) is 0 Å². The van der Waals surface area contributed by atoms with Gasteiger partial charge in [-0.15, -0.1) is 0 Å². The van der Waals surface area contributed by atoms with Gasteiger partial charge in [0.2, 0.25) is 11.8 Å². The monoisotopic (exact) mass is 582 g/mol. The second-order valence-electron chi connectivity index (χ2n) is 13.3. The van der Waals surface area contributed by atoms with Crippen LogP contribution in [-0.4, -0.2) is 69.5 Å². The Kier molecular flexibility index (Phi) is 7.38. The van der Waals surface area contributed by atoms with Crippen LogP contribution in [0.15, 0.2) is 55.0 Å². The van der Waals surface area contributed by atoms with E-state index in [-0.39, 0.29) is 29.6 Å².